The van der Waals surface area contributed by atoms with E-state index in [9.17, 15) is 56.4 Å². The molecule has 2 aromatic heterocycles. The Balaban J connectivity index is 0.000000247. The molecule has 0 radical (unpaired) electrons. The molecule has 0 unspecified atom stereocenters. The smallest absolute Gasteiger partial charge is 0.335 e. The molecule has 0 aliphatic heterocycles. The Labute approximate surface area is 250 Å². The average molecular weight is 711 g/mol. The third-order valence-electron chi connectivity index (χ3n) is 4.55. The van der Waals surface area contributed by atoms with Gasteiger partial charge in [0.2, 0.25) is 0 Å². The molecule has 248 valence electrons. The van der Waals surface area contributed by atoms with E-state index < -0.39 is 47.4 Å². The van der Waals surface area contributed by atoms with E-state index in [1.807, 2.05) is 38.1 Å². The number of aromatic amines is 1. The molecule has 0 fully saturated rings. The molecule has 4 rings (SSSR count). The molecule has 45 heavy (non-hydrogen) atoms. The first kappa shape index (κ1) is 36.9. The third kappa shape index (κ3) is 11.3. The van der Waals surface area contributed by atoms with E-state index in [0.29, 0.717) is 5.69 Å². The van der Waals surface area contributed by atoms with Crippen LogP contribution in [-0.4, -0.2) is 72.1 Å². The maximum atomic E-state index is 12.1. The van der Waals surface area contributed by atoms with Gasteiger partial charge in [0.25, 0.3) is 10.1 Å². The van der Waals surface area contributed by atoms with Gasteiger partial charge < -0.3 is 4.18 Å². The highest BCUT2D eigenvalue weighted by atomic mass is 32.3. The standard InChI is InChI=1S/C10H8F3N3O3S.C9H9N3O.C2H3F3O5S2/c1-7-2-4-8(5-3-7)16-6-14-9(15-16)19-20(17,18)10(11,12)13;1-7-2-4-8(5-3-7)12-6-10-9(13)11-12;1-11(6,7)10-12(8,9)2(3,4)5/h2-6H,1H3;2-6H,1H3,(H,11,13);1H3. The molecule has 0 saturated carbocycles. The molecule has 15 nitrogen and oxygen atoms in total. The topological polar surface area (TPSA) is 202 Å². The number of H-pyrrole nitrogens is 1. The molecule has 2 heterocycles. The molecule has 0 bridgehead atoms. The van der Waals surface area contributed by atoms with E-state index in [-0.39, 0.29) is 11.9 Å². The summed E-state index contributed by atoms with van der Waals surface area (Å²) in [6.07, 6.45) is 2.70. The van der Waals surface area contributed by atoms with E-state index >= 15 is 0 Å². The Morgan fingerprint density at radius 1 is 0.711 bits per heavy atom. The summed E-state index contributed by atoms with van der Waals surface area (Å²) in [5.74, 6) is 0. The largest absolute Gasteiger partial charge is 0.534 e. The van der Waals surface area contributed by atoms with Crippen LogP contribution in [0.3, 0.4) is 0 Å². The van der Waals surface area contributed by atoms with Gasteiger partial charge in [0, 0.05) is 0 Å². The zero-order valence-corrected chi connectivity index (χ0v) is 25.1. The number of hydrogen-bond acceptors (Lipinski definition) is 12. The highest BCUT2D eigenvalue weighted by Gasteiger charge is 2.50. The van der Waals surface area contributed by atoms with Crippen molar-refractivity contribution < 1.29 is 59.4 Å². The fourth-order valence-electron chi connectivity index (χ4n) is 2.56. The Hall–Kier alpha value is -4.29. The van der Waals surface area contributed by atoms with E-state index in [0.717, 1.165) is 22.3 Å². The lowest BCUT2D eigenvalue weighted by Crippen LogP contribution is -2.28. The number of hydrogen-bond donors (Lipinski definition) is 1. The zero-order valence-electron chi connectivity index (χ0n) is 22.7. The number of aryl methyl sites for hydroxylation is 2. The van der Waals surface area contributed by atoms with Crippen molar-refractivity contribution in [2.45, 2.75) is 24.9 Å². The van der Waals surface area contributed by atoms with Crippen LogP contribution in [0.15, 0.2) is 66.0 Å². The number of nitrogens with zero attached hydrogens (tertiary/aromatic N) is 5. The minimum atomic E-state index is -6.04. The summed E-state index contributed by atoms with van der Waals surface area (Å²) < 4.78 is 141. The fourth-order valence-corrected chi connectivity index (χ4v) is 4.54. The van der Waals surface area contributed by atoms with Crippen LogP contribution in [0.2, 0.25) is 0 Å². The predicted molar refractivity (Wildman–Crippen MR) is 142 cm³/mol. The van der Waals surface area contributed by atoms with Crippen molar-refractivity contribution in [1.82, 2.24) is 29.5 Å². The molecule has 0 spiro atoms. The summed E-state index contributed by atoms with van der Waals surface area (Å²) in [5.41, 5.74) is -8.02. The van der Waals surface area contributed by atoms with Crippen molar-refractivity contribution in [1.29, 1.82) is 0 Å². The number of halogens is 6. The van der Waals surface area contributed by atoms with Crippen LogP contribution in [0.25, 0.3) is 11.4 Å². The Morgan fingerprint density at radius 2 is 1.18 bits per heavy atom. The van der Waals surface area contributed by atoms with Gasteiger partial charge in [0.05, 0.1) is 17.6 Å². The van der Waals surface area contributed by atoms with Crippen LogP contribution < -0.4 is 9.87 Å². The minimum absolute atomic E-state index is 0.191. The van der Waals surface area contributed by atoms with E-state index in [1.54, 1.807) is 28.9 Å². The fraction of sp³-hybridized carbons (Fsp3) is 0.238. The van der Waals surface area contributed by atoms with Crippen LogP contribution in [0, 0.1) is 13.8 Å². The van der Waals surface area contributed by atoms with Crippen LogP contribution in [0.1, 0.15) is 11.1 Å². The van der Waals surface area contributed by atoms with Gasteiger partial charge in [-0.05, 0) is 38.1 Å². The van der Waals surface area contributed by atoms with E-state index in [1.165, 1.54) is 11.9 Å². The van der Waals surface area contributed by atoms with Gasteiger partial charge in [-0.3, -0.25) is 0 Å². The molecule has 0 atom stereocenters. The average Bonchev–Trinajstić information content (AvgIpc) is 3.52. The van der Waals surface area contributed by atoms with Gasteiger partial charge in [0.1, 0.15) is 12.7 Å². The number of benzene rings is 2. The summed E-state index contributed by atoms with van der Waals surface area (Å²) in [6.45, 7) is 3.87. The van der Waals surface area contributed by atoms with Crippen molar-refractivity contribution in [3.05, 3.63) is 82.8 Å². The Kier molecular flexibility index (Phi) is 11.3. The summed E-state index contributed by atoms with van der Waals surface area (Å²) in [5, 5.41) is 6.07. The highest BCUT2D eigenvalue weighted by molar-refractivity contribution is 7.99. The molecule has 0 aliphatic carbocycles. The number of aromatic nitrogens is 6. The van der Waals surface area contributed by atoms with Gasteiger partial charge in [0.15, 0.2) is 0 Å². The van der Waals surface area contributed by atoms with Gasteiger partial charge in [-0.1, -0.05) is 35.4 Å². The number of rotatable bonds is 6. The quantitative estimate of drug-likeness (QED) is 0.174. The second-order valence-electron chi connectivity index (χ2n) is 8.33. The monoisotopic (exact) mass is 710 g/mol. The molecule has 0 aliphatic rings. The van der Waals surface area contributed by atoms with Crippen LogP contribution >= 0.6 is 0 Å². The van der Waals surface area contributed by atoms with Crippen molar-refractivity contribution in [3.63, 3.8) is 0 Å². The summed E-state index contributed by atoms with van der Waals surface area (Å²) in [6, 6.07) is 13.7. The van der Waals surface area contributed by atoms with Gasteiger partial charge in [-0.2, -0.15) is 61.6 Å². The molecule has 4 aromatic rings. The minimum Gasteiger partial charge on any atom is -0.335 e. The van der Waals surface area contributed by atoms with Crippen molar-refractivity contribution in [2.75, 3.05) is 6.26 Å². The molecule has 2 aromatic carbocycles. The maximum Gasteiger partial charge on any atom is 0.534 e. The van der Waals surface area contributed by atoms with Gasteiger partial charge >= 0.3 is 43.0 Å². The first-order valence-corrected chi connectivity index (χ1v) is 16.0. The van der Waals surface area contributed by atoms with Crippen LogP contribution in [-0.2, 0) is 34.0 Å². The molecule has 0 amide bonds. The van der Waals surface area contributed by atoms with Crippen molar-refractivity contribution >= 4 is 30.4 Å². The highest BCUT2D eigenvalue weighted by Crippen LogP contribution is 2.26. The van der Waals surface area contributed by atoms with Crippen LogP contribution in [0.5, 0.6) is 6.01 Å². The Morgan fingerprint density at radius 3 is 1.56 bits per heavy atom. The number of alkyl halides is 6. The normalized spacial score (nSPS) is 12.4. The lowest BCUT2D eigenvalue weighted by Gasteiger charge is -2.05. The second kappa shape index (κ2) is 13.8. The van der Waals surface area contributed by atoms with Gasteiger partial charge in [-0.15, -0.1) is 8.73 Å². The van der Waals surface area contributed by atoms with Crippen LogP contribution in [0.4, 0.5) is 26.3 Å². The second-order valence-corrected chi connectivity index (χ2v) is 13.2. The first-order chi connectivity index (χ1) is 20.4. The van der Waals surface area contributed by atoms with Crippen molar-refractivity contribution in [2.24, 2.45) is 0 Å². The maximum absolute atomic E-state index is 12.1. The summed E-state index contributed by atoms with van der Waals surface area (Å²) in [4.78, 5) is 17.7. The molecule has 24 heteroatoms. The van der Waals surface area contributed by atoms with Crippen molar-refractivity contribution in [3.8, 4) is 17.4 Å². The van der Waals surface area contributed by atoms with Gasteiger partial charge in [-0.25, -0.2) is 19.3 Å². The summed E-state index contributed by atoms with van der Waals surface area (Å²) >= 11 is 0. The molecule has 1 N–H and O–H groups in total. The number of nitrogens with one attached hydrogen (secondary N) is 1. The lowest BCUT2D eigenvalue weighted by atomic mass is 10.2. The zero-order chi connectivity index (χ0) is 34.4. The first-order valence-electron chi connectivity index (χ1n) is 11.3. The summed E-state index contributed by atoms with van der Waals surface area (Å²) in [7, 11) is -16.5. The lowest BCUT2D eigenvalue weighted by molar-refractivity contribution is -0.0505. The van der Waals surface area contributed by atoms with E-state index in [2.05, 4.69) is 28.0 Å². The predicted octanol–water partition coefficient (Wildman–Crippen LogP) is 2.49. The molecule has 0 saturated heterocycles. The Bertz CT molecular complexity index is 1970. The SMILES string of the molecule is CS(=O)(=O)OS(=O)(=O)C(F)(F)F.Cc1ccc(-n2cnc(=O)[nH]2)cc1.Cc1ccc(-n2cnc(OS(=O)(=O)C(F)(F)F)n2)cc1. The molecular weight excluding hydrogens is 690 g/mol. The third-order valence-corrected chi connectivity index (χ3v) is 7.76. The molecular formula is C21H20F6N6O9S3. The van der Waals surface area contributed by atoms with E-state index in [4.69, 9.17) is 0 Å².